The van der Waals surface area contributed by atoms with Gasteiger partial charge in [-0.3, -0.25) is 4.79 Å². The van der Waals surface area contributed by atoms with Crippen LogP contribution in [0.25, 0.3) is 0 Å². The molecule has 1 aromatic heterocycles. The SMILES string of the molecule is CC(C)(C)CC(=O)N1CCN(c2ccc(Br)cn2)CC1. The third kappa shape index (κ3) is 4.20. The van der Waals surface area contributed by atoms with Gasteiger partial charge in [0, 0.05) is 43.3 Å². The smallest absolute Gasteiger partial charge is 0.223 e. The van der Waals surface area contributed by atoms with Gasteiger partial charge in [0.25, 0.3) is 0 Å². The number of piperazine rings is 1. The standard InChI is InChI=1S/C15H22BrN3O/c1-15(2,3)10-14(20)19-8-6-18(7-9-19)13-5-4-12(16)11-17-13/h4-5,11H,6-10H2,1-3H3. The average molecular weight is 340 g/mol. The first-order chi connectivity index (χ1) is 9.35. The van der Waals surface area contributed by atoms with Crippen LogP contribution in [0.3, 0.4) is 0 Å². The van der Waals surface area contributed by atoms with Crippen LogP contribution < -0.4 is 4.90 Å². The Morgan fingerprint density at radius 3 is 2.40 bits per heavy atom. The third-order valence-corrected chi connectivity index (χ3v) is 3.82. The molecule has 2 rings (SSSR count). The molecule has 1 aliphatic heterocycles. The molecule has 0 radical (unpaired) electrons. The molecule has 0 spiro atoms. The van der Waals surface area contributed by atoms with Gasteiger partial charge in [-0.15, -0.1) is 0 Å². The lowest BCUT2D eigenvalue weighted by Crippen LogP contribution is -2.49. The van der Waals surface area contributed by atoms with Crippen LogP contribution in [0.4, 0.5) is 5.82 Å². The van der Waals surface area contributed by atoms with Gasteiger partial charge in [-0.25, -0.2) is 4.98 Å². The summed E-state index contributed by atoms with van der Waals surface area (Å²) in [6, 6.07) is 4.01. The quantitative estimate of drug-likeness (QED) is 0.831. The largest absolute Gasteiger partial charge is 0.353 e. The molecule has 0 unspecified atom stereocenters. The molecule has 0 bridgehead atoms. The van der Waals surface area contributed by atoms with Crippen molar-refractivity contribution >= 4 is 27.7 Å². The summed E-state index contributed by atoms with van der Waals surface area (Å²) in [5.41, 5.74) is 0.0570. The summed E-state index contributed by atoms with van der Waals surface area (Å²) in [5.74, 6) is 1.25. The Bertz CT molecular complexity index is 459. The van der Waals surface area contributed by atoms with Gasteiger partial charge in [-0.05, 0) is 33.5 Å². The van der Waals surface area contributed by atoms with Gasteiger partial charge in [0.2, 0.25) is 5.91 Å². The van der Waals surface area contributed by atoms with Gasteiger partial charge >= 0.3 is 0 Å². The number of rotatable bonds is 2. The molecule has 1 aliphatic rings. The number of hydrogen-bond donors (Lipinski definition) is 0. The topological polar surface area (TPSA) is 36.4 Å². The number of carbonyl (C=O) groups excluding carboxylic acids is 1. The number of hydrogen-bond acceptors (Lipinski definition) is 3. The lowest BCUT2D eigenvalue weighted by Gasteiger charge is -2.36. The second kappa shape index (κ2) is 6.12. The van der Waals surface area contributed by atoms with Gasteiger partial charge in [0.1, 0.15) is 5.82 Å². The lowest BCUT2D eigenvalue weighted by molar-refractivity contribution is -0.133. The number of aromatic nitrogens is 1. The van der Waals surface area contributed by atoms with Crippen molar-refractivity contribution in [2.24, 2.45) is 5.41 Å². The zero-order valence-electron chi connectivity index (χ0n) is 12.4. The van der Waals surface area contributed by atoms with Crippen LogP contribution in [0.15, 0.2) is 22.8 Å². The minimum Gasteiger partial charge on any atom is -0.353 e. The number of nitrogens with zero attached hydrogens (tertiary/aromatic N) is 3. The maximum Gasteiger partial charge on any atom is 0.223 e. The molecule has 0 aliphatic carbocycles. The fourth-order valence-corrected chi connectivity index (χ4v) is 2.54. The molecular formula is C15H22BrN3O. The van der Waals surface area contributed by atoms with Gasteiger partial charge < -0.3 is 9.80 Å². The van der Waals surface area contributed by atoms with E-state index in [9.17, 15) is 4.79 Å². The molecule has 0 saturated carbocycles. The molecule has 5 heteroatoms. The first-order valence-electron chi connectivity index (χ1n) is 6.99. The summed E-state index contributed by atoms with van der Waals surface area (Å²) in [4.78, 5) is 20.8. The molecule has 4 nitrogen and oxygen atoms in total. The molecule has 1 aromatic rings. The minimum absolute atomic E-state index is 0.0570. The van der Waals surface area contributed by atoms with E-state index in [1.54, 1.807) is 0 Å². The van der Waals surface area contributed by atoms with Crippen LogP contribution >= 0.6 is 15.9 Å². The van der Waals surface area contributed by atoms with Crippen LogP contribution in [-0.2, 0) is 4.79 Å². The highest BCUT2D eigenvalue weighted by Gasteiger charge is 2.25. The van der Waals surface area contributed by atoms with E-state index >= 15 is 0 Å². The Kier molecular flexibility index (Phi) is 4.68. The first-order valence-corrected chi connectivity index (χ1v) is 7.79. The van der Waals surface area contributed by atoms with Crippen LogP contribution in [0.2, 0.25) is 0 Å². The average Bonchev–Trinajstić information content (AvgIpc) is 2.38. The van der Waals surface area contributed by atoms with E-state index in [0.717, 1.165) is 36.5 Å². The number of pyridine rings is 1. The molecule has 0 aromatic carbocycles. The van der Waals surface area contributed by atoms with Crippen molar-refractivity contribution in [3.05, 3.63) is 22.8 Å². The number of anilines is 1. The summed E-state index contributed by atoms with van der Waals surface area (Å²) in [5, 5.41) is 0. The van der Waals surface area contributed by atoms with Crippen molar-refractivity contribution in [2.45, 2.75) is 27.2 Å². The van der Waals surface area contributed by atoms with Crippen LogP contribution in [0.5, 0.6) is 0 Å². The van der Waals surface area contributed by atoms with Crippen molar-refractivity contribution in [1.82, 2.24) is 9.88 Å². The van der Waals surface area contributed by atoms with Crippen LogP contribution in [0.1, 0.15) is 27.2 Å². The predicted molar refractivity (Wildman–Crippen MR) is 84.8 cm³/mol. The second-order valence-corrected chi connectivity index (χ2v) is 7.36. The highest BCUT2D eigenvalue weighted by molar-refractivity contribution is 9.10. The van der Waals surface area contributed by atoms with Crippen molar-refractivity contribution in [1.29, 1.82) is 0 Å². The van der Waals surface area contributed by atoms with Gasteiger partial charge in [0.05, 0.1) is 0 Å². The normalized spacial score (nSPS) is 16.4. The van der Waals surface area contributed by atoms with E-state index in [-0.39, 0.29) is 11.3 Å². The Morgan fingerprint density at radius 2 is 1.90 bits per heavy atom. The molecule has 0 N–H and O–H groups in total. The fourth-order valence-electron chi connectivity index (χ4n) is 2.31. The zero-order valence-corrected chi connectivity index (χ0v) is 14.0. The van der Waals surface area contributed by atoms with Crippen LogP contribution in [0, 0.1) is 5.41 Å². The first kappa shape index (κ1) is 15.3. The Labute approximate surface area is 129 Å². The second-order valence-electron chi connectivity index (χ2n) is 6.44. The highest BCUT2D eigenvalue weighted by atomic mass is 79.9. The molecule has 0 atom stereocenters. The summed E-state index contributed by atoms with van der Waals surface area (Å²) in [7, 11) is 0. The summed E-state index contributed by atoms with van der Waals surface area (Å²) < 4.78 is 0.986. The number of halogens is 1. The molecular weight excluding hydrogens is 318 g/mol. The molecule has 1 fully saturated rings. The Balaban J connectivity index is 1.89. The van der Waals surface area contributed by atoms with E-state index in [2.05, 4.69) is 46.6 Å². The molecule has 1 amide bonds. The number of amides is 1. The Hall–Kier alpha value is -1.10. The van der Waals surface area contributed by atoms with E-state index in [1.807, 2.05) is 23.2 Å². The maximum absolute atomic E-state index is 12.2. The van der Waals surface area contributed by atoms with Crippen molar-refractivity contribution < 1.29 is 4.79 Å². The fraction of sp³-hybridized carbons (Fsp3) is 0.600. The molecule has 2 heterocycles. The van der Waals surface area contributed by atoms with E-state index in [4.69, 9.17) is 0 Å². The summed E-state index contributed by atoms with van der Waals surface area (Å²) >= 11 is 3.39. The Morgan fingerprint density at radius 1 is 1.25 bits per heavy atom. The number of carbonyl (C=O) groups is 1. The predicted octanol–water partition coefficient (Wildman–Crippen LogP) is 2.93. The van der Waals surface area contributed by atoms with Gasteiger partial charge in [-0.2, -0.15) is 0 Å². The zero-order chi connectivity index (χ0) is 14.8. The van der Waals surface area contributed by atoms with E-state index in [0.29, 0.717) is 6.42 Å². The monoisotopic (exact) mass is 339 g/mol. The van der Waals surface area contributed by atoms with Gasteiger partial charge in [-0.1, -0.05) is 20.8 Å². The van der Waals surface area contributed by atoms with E-state index < -0.39 is 0 Å². The highest BCUT2D eigenvalue weighted by Crippen LogP contribution is 2.21. The molecule has 20 heavy (non-hydrogen) atoms. The van der Waals surface area contributed by atoms with Crippen molar-refractivity contribution in [3.63, 3.8) is 0 Å². The third-order valence-electron chi connectivity index (χ3n) is 3.35. The van der Waals surface area contributed by atoms with Gasteiger partial charge in [0.15, 0.2) is 0 Å². The molecule has 1 saturated heterocycles. The summed E-state index contributed by atoms with van der Waals surface area (Å²) in [6.07, 6.45) is 2.43. The van der Waals surface area contributed by atoms with Crippen LogP contribution in [-0.4, -0.2) is 42.0 Å². The molecule has 110 valence electrons. The lowest BCUT2D eigenvalue weighted by atomic mass is 9.91. The summed E-state index contributed by atoms with van der Waals surface area (Å²) in [6.45, 7) is 9.58. The maximum atomic E-state index is 12.2. The minimum atomic E-state index is 0.0570. The van der Waals surface area contributed by atoms with Crippen molar-refractivity contribution in [3.8, 4) is 0 Å². The van der Waals surface area contributed by atoms with E-state index in [1.165, 1.54) is 0 Å². The van der Waals surface area contributed by atoms with Crippen molar-refractivity contribution in [2.75, 3.05) is 31.1 Å².